The molecule has 3 heterocycles. The lowest BCUT2D eigenvalue weighted by Gasteiger charge is -2.20. The molecule has 2 amide bonds. The molecule has 8 nitrogen and oxygen atoms in total. The molecule has 33 heavy (non-hydrogen) atoms. The maximum absolute atomic E-state index is 12.0. The number of nitrogens with zero attached hydrogens (tertiary/aromatic N) is 3. The van der Waals surface area contributed by atoms with Crippen LogP contribution in [0.4, 0.5) is 17.3 Å². The van der Waals surface area contributed by atoms with Crippen molar-refractivity contribution in [3.05, 3.63) is 60.2 Å². The third kappa shape index (κ3) is 5.90. The average Bonchev–Trinajstić information content (AvgIpc) is 3.50. The third-order valence-corrected chi connectivity index (χ3v) is 6.32. The minimum Gasteiger partial charge on any atom is -0.365 e. The molecule has 1 aromatic heterocycles. The minimum absolute atomic E-state index is 0.0395. The SMILES string of the molecule is C=CC(=O)N[C@H]1CCN(c2ccc(C(N)=O)c(Nc3ccc(CCN4CCCC4)cc3)n2)C1. The van der Waals surface area contributed by atoms with Crippen LogP contribution in [0.25, 0.3) is 0 Å². The van der Waals surface area contributed by atoms with Gasteiger partial charge < -0.3 is 26.2 Å². The molecular weight excluding hydrogens is 416 g/mol. The number of primary amides is 1. The maximum Gasteiger partial charge on any atom is 0.252 e. The van der Waals surface area contributed by atoms with E-state index in [1.165, 1.54) is 37.6 Å². The highest BCUT2D eigenvalue weighted by Gasteiger charge is 2.25. The molecule has 2 fully saturated rings. The van der Waals surface area contributed by atoms with E-state index in [0.717, 1.165) is 37.4 Å². The van der Waals surface area contributed by atoms with E-state index in [1.54, 1.807) is 12.1 Å². The Morgan fingerprint density at radius 2 is 1.88 bits per heavy atom. The largest absolute Gasteiger partial charge is 0.365 e. The molecule has 2 aromatic rings. The summed E-state index contributed by atoms with van der Waals surface area (Å²) in [6, 6.07) is 11.8. The molecule has 2 aliphatic heterocycles. The predicted octanol–water partition coefficient (Wildman–Crippen LogP) is 2.44. The third-order valence-electron chi connectivity index (χ3n) is 6.32. The summed E-state index contributed by atoms with van der Waals surface area (Å²) >= 11 is 0. The summed E-state index contributed by atoms with van der Waals surface area (Å²) in [6.45, 7) is 8.40. The van der Waals surface area contributed by atoms with E-state index in [0.29, 0.717) is 17.9 Å². The second-order valence-corrected chi connectivity index (χ2v) is 8.69. The van der Waals surface area contributed by atoms with Gasteiger partial charge >= 0.3 is 0 Å². The van der Waals surface area contributed by atoms with Crippen LogP contribution in [0.1, 0.15) is 35.2 Å². The normalized spacial score (nSPS) is 18.3. The maximum atomic E-state index is 12.0. The Balaban J connectivity index is 1.43. The number of anilines is 3. The first-order chi connectivity index (χ1) is 16.0. The molecule has 174 valence electrons. The lowest BCUT2D eigenvalue weighted by atomic mass is 10.1. The Hall–Kier alpha value is -3.39. The summed E-state index contributed by atoms with van der Waals surface area (Å²) < 4.78 is 0. The van der Waals surface area contributed by atoms with E-state index < -0.39 is 5.91 Å². The molecule has 4 N–H and O–H groups in total. The minimum atomic E-state index is -0.531. The van der Waals surface area contributed by atoms with Crippen molar-refractivity contribution in [2.24, 2.45) is 5.73 Å². The number of pyridine rings is 1. The first-order valence-corrected chi connectivity index (χ1v) is 11.6. The van der Waals surface area contributed by atoms with Crippen LogP contribution in [0.5, 0.6) is 0 Å². The van der Waals surface area contributed by atoms with Gasteiger partial charge in [-0.1, -0.05) is 18.7 Å². The average molecular weight is 449 g/mol. The number of hydrogen-bond acceptors (Lipinski definition) is 6. The Morgan fingerprint density at radius 3 is 2.58 bits per heavy atom. The van der Waals surface area contributed by atoms with Gasteiger partial charge in [0.1, 0.15) is 11.6 Å². The lowest BCUT2D eigenvalue weighted by molar-refractivity contribution is -0.117. The molecule has 8 heteroatoms. The molecule has 0 spiro atoms. The summed E-state index contributed by atoms with van der Waals surface area (Å²) in [5.74, 6) is 0.463. The smallest absolute Gasteiger partial charge is 0.252 e. The van der Waals surface area contributed by atoms with Crippen LogP contribution in [0.15, 0.2) is 49.1 Å². The fourth-order valence-electron chi connectivity index (χ4n) is 4.45. The molecule has 2 aliphatic rings. The predicted molar refractivity (Wildman–Crippen MR) is 131 cm³/mol. The number of nitrogens with one attached hydrogen (secondary N) is 2. The zero-order valence-electron chi connectivity index (χ0n) is 18.9. The standard InChI is InChI=1S/C25H32N6O2/c1-2-23(32)27-20-12-16-31(17-20)22-10-9-21(24(26)33)25(29-22)28-19-7-5-18(6-8-19)11-15-30-13-3-4-14-30/h2,5-10,20H,1,3-4,11-17H2,(H2,26,33)(H,27,32)(H,28,29)/t20-/m0/s1. The van der Waals surface area contributed by atoms with Crippen LogP contribution in [0.3, 0.4) is 0 Å². The van der Waals surface area contributed by atoms with Gasteiger partial charge in [-0.3, -0.25) is 9.59 Å². The van der Waals surface area contributed by atoms with Crippen LogP contribution in [-0.4, -0.2) is 60.5 Å². The first kappa shape index (κ1) is 22.8. The van der Waals surface area contributed by atoms with Crippen molar-refractivity contribution < 1.29 is 9.59 Å². The number of benzene rings is 1. The Morgan fingerprint density at radius 1 is 1.12 bits per heavy atom. The summed E-state index contributed by atoms with van der Waals surface area (Å²) in [6.07, 6.45) is 5.74. The van der Waals surface area contributed by atoms with Crippen LogP contribution in [0.2, 0.25) is 0 Å². The topological polar surface area (TPSA) is 104 Å². The van der Waals surface area contributed by atoms with Crippen LogP contribution in [-0.2, 0) is 11.2 Å². The molecule has 1 aromatic carbocycles. The van der Waals surface area contributed by atoms with E-state index in [9.17, 15) is 9.59 Å². The summed E-state index contributed by atoms with van der Waals surface area (Å²) in [4.78, 5) is 32.9. The van der Waals surface area contributed by atoms with Crippen molar-refractivity contribution in [3.8, 4) is 0 Å². The fourth-order valence-corrected chi connectivity index (χ4v) is 4.45. The molecule has 0 aliphatic carbocycles. The highest BCUT2D eigenvalue weighted by atomic mass is 16.1. The number of nitrogens with two attached hydrogens (primary N) is 1. The first-order valence-electron chi connectivity index (χ1n) is 11.6. The van der Waals surface area contributed by atoms with E-state index >= 15 is 0 Å². The van der Waals surface area contributed by atoms with Crippen LogP contribution >= 0.6 is 0 Å². The van der Waals surface area contributed by atoms with Crippen molar-refractivity contribution in [1.82, 2.24) is 15.2 Å². The molecule has 4 rings (SSSR count). The van der Waals surface area contributed by atoms with E-state index in [-0.39, 0.29) is 11.9 Å². The lowest BCUT2D eigenvalue weighted by Crippen LogP contribution is -2.36. The van der Waals surface area contributed by atoms with E-state index in [2.05, 4.69) is 39.1 Å². The zero-order valence-corrected chi connectivity index (χ0v) is 18.9. The van der Waals surface area contributed by atoms with Gasteiger partial charge in [-0.2, -0.15) is 0 Å². The highest BCUT2D eigenvalue weighted by Crippen LogP contribution is 2.25. The van der Waals surface area contributed by atoms with Crippen molar-refractivity contribution in [2.75, 3.05) is 42.9 Å². The zero-order chi connectivity index (χ0) is 23.2. The number of carbonyl (C=O) groups excluding carboxylic acids is 2. The van der Waals surface area contributed by atoms with Crippen LogP contribution < -0.4 is 21.3 Å². The molecule has 0 bridgehead atoms. The second-order valence-electron chi connectivity index (χ2n) is 8.69. The summed E-state index contributed by atoms with van der Waals surface area (Å²) in [5.41, 5.74) is 8.07. The Labute approximate surface area is 194 Å². The van der Waals surface area contributed by atoms with Gasteiger partial charge in [0.25, 0.3) is 5.91 Å². The number of carbonyl (C=O) groups is 2. The van der Waals surface area contributed by atoms with Crippen LogP contribution in [0, 0.1) is 0 Å². The molecule has 0 radical (unpaired) electrons. The monoisotopic (exact) mass is 448 g/mol. The Kier molecular flexibility index (Phi) is 7.24. The van der Waals surface area contributed by atoms with Gasteiger partial charge in [0.05, 0.1) is 5.56 Å². The fraction of sp³-hybridized carbons (Fsp3) is 0.400. The number of amides is 2. The molecular formula is C25H32N6O2. The number of rotatable bonds is 9. The summed E-state index contributed by atoms with van der Waals surface area (Å²) in [5, 5.41) is 6.19. The van der Waals surface area contributed by atoms with Gasteiger partial charge in [0.2, 0.25) is 5.91 Å². The second kappa shape index (κ2) is 10.5. The van der Waals surface area contributed by atoms with Crippen molar-refractivity contribution in [3.63, 3.8) is 0 Å². The van der Waals surface area contributed by atoms with Crippen molar-refractivity contribution in [2.45, 2.75) is 31.7 Å². The quantitative estimate of drug-likeness (QED) is 0.509. The van der Waals surface area contributed by atoms with E-state index in [4.69, 9.17) is 10.7 Å². The van der Waals surface area contributed by atoms with Gasteiger partial charge in [0, 0.05) is 31.4 Å². The Bertz CT molecular complexity index is 1000. The van der Waals surface area contributed by atoms with Gasteiger partial charge in [-0.15, -0.1) is 0 Å². The molecule has 0 unspecified atom stereocenters. The van der Waals surface area contributed by atoms with Gasteiger partial charge in [0.15, 0.2) is 0 Å². The molecule has 2 saturated heterocycles. The number of hydrogen-bond donors (Lipinski definition) is 3. The van der Waals surface area contributed by atoms with Crippen molar-refractivity contribution >= 4 is 29.1 Å². The van der Waals surface area contributed by atoms with E-state index in [1.807, 2.05) is 12.1 Å². The number of likely N-dealkylation sites (tertiary alicyclic amines) is 1. The number of aromatic nitrogens is 1. The highest BCUT2D eigenvalue weighted by molar-refractivity contribution is 5.98. The van der Waals surface area contributed by atoms with Crippen molar-refractivity contribution in [1.29, 1.82) is 0 Å². The molecule has 1 atom stereocenters. The molecule has 0 saturated carbocycles. The van der Waals surface area contributed by atoms with Gasteiger partial charge in [-0.25, -0.2) is 4.98 Å². The summed E-state index contributed by atoms with van der Waals surface area (Å²) in [7, 11) is 0. The van der Waals surface area contributed by atoms with Gasteiger partial charge in [-0.05, 0) is 74.7 Å².